The molecule has 7 nitrogen and oxygen atoms in total. The molecule has 1 aromatic carbocycles. The molecule has 156 valence electrons. The van der Waals surface area contributed by atoms with Gasteiger partial charge in [-0.2, -0.15) is 0 Å². The molecule has 1 aliphatic carbocycles. The molecule has 1 saturated carbocycles. The van der Waals surface area contributed by atoms with Crippen LogP contribution in [-0.4, -0.2) is 45.1 Å². The molecule has 9 heteroatoms. The highest BCUT2D eigenvalue weighted by Crippen LogP contribution is 2.23. The summed E-state index contributed by atoms with van der Waals surface area (Å²) >= 11 is 0. The van der Waals surface area contributed by atoms with Crippen LogP contribution in [0.2, 0.25) is 0 Å². The van der Waals surface area contributed by atoms with Gasteiger partial charge in [-0.1, -0.05) is 19.1 Å². The number of carbonyl (C=O) groups excluding carboxylic acids is 2. The number of sulfonamides is 1. The maximum Gasteiger partial charge on any atom is 0.236 e. The molecule has 1 fully saturated rings. The summed E-state index contributed by atoms with van der Waals surface area (Å²) in [6.45, 7) is 2.46. The molecule has 0 spiro atoms. The van der Waals surface area contributed by atoms with E-state index in [4.69, 9.17) is 0 Å². The van der Waals surface area contributed by atoms with Gasteiger partial charge in [0.25, 0.3) is 0 Å². The smallest absolute Gasteiger partial charge is 0.236 e. The van der Waals surface area contributed by atoms with Crippen LogP contribution in [0.25, 0.3) is 0 Å². The van der Waals surface area contributed by atoms with Crippen LogP contribution in [0.15, 0.2) is 24.3 Å². The average Bonchev–Trinajstić information content (AvgIpc) is 2.62. The van der Waals surface area contributed by atoms with E-state index < -0.39 is 21.7 Å². The van der Waals surface area contributed by atoms with Gasteiger partial charge in [0.2, 0.25) is 21.8 Å². The van der Waals surface area contributed by atoms with E-state index in [-0.39, 0.29) is 37.3 Å². The first-order chi connectivity index (χ1) is 13.2. The van der Waals surface area contributed by atoms with Crippen molar-refractivity contribution in [3.8, 4) is 0 Å². The Bertz CT molecular complexity index is 760. The monoisotopic (exact) mass is 413 g/mol. The molecule has 1 aliphatic rings. The van der Waals surface area contributed by atoms with E-state index in [1.54, 1.807) is 0 Å². The molecule has 0 aliphatic heterocycles. The number of nitrogens with one attached hydrogen (secondary N) is 3. The van der Waals surface area contributed by atoms with Crippen LogP contribution < -0.4 is 15.4 Å². The van der Waals surface area contributed by atoms with Crippen LogP contribution in [0.5, 0.6) is 0 Å². The van der Waals surface area contributed by atoms with Crippen molar-refractivity contribution < 1.29 is 22.4 Å². The fraction of sp³-hybridized carbons (Fsp3) is 0.579. The number of amides is 2. The summed E-state index contributed by atoms with van der Waals surface area (Å²) in [6.07, 6.45) is 3.66. The number of halogens is 1. The van der Waals surface area contributed by atoms with E-state index in [0.29, 0.717) is 11.5 Å². The van der Waals surface area contributed by atoms with Gasteiger partial charge < -0.3 is 10.6 Å². The van der Waals surface area contributed by atoms with Gasteiger partial charge >= 0.3 is 0 Å². The summed E-state index contributed by atoms with van der Waals surface area (Å²) in [5.41, 5.74) is 0.678. The molecular formula is C19H28FN3O4S. The predicted molar refractivity (Wildman–Crippen MR) is 104 cm³/mol. The highest BCUT2D eigenvalue weighted by Gasteiger charge is 2.24. The van der Waals surface area contributed by atoms with Gasteiger partial charge in [-0.25, -0.2) is 17.5 Å². The molecule has 0 atom stereocenters. The molecule has 0 saturated heterocycles. The Morgan fingerprint density at radius 1 is 1.00 bits per heavy atom. The Morgan fingerprint density at radius 2 is 1.57 bits per heavy atom. The minimum Gasteiger partial charge on any atom is -0.354 e. The average molecular weight is 414 g/mol. The topological polar surface area (TPSA) is 104 Å². The van der Waals surface area contributed by atoms with Crippen molar-refractivity contribution in [1.29, 1.82) is 0 Å². The first kappa shape index (κ1) is 22.3. The van der Waals surface area contributed by atoms with E-state index in [1.165, 1.54) is 24.3 Å². The lowest BCUT2D eigenvalue weighted by Gasteiger charge is -2.26. The Hall–Kier alpha value is -2.00. The van der Waals surface area contributed by atoms with Gasteiger partial charge in [-0.05, 0) is 49.3 Å². The second-order valence-corrected chi connectivity index (χ2v) is 9.09. The first-order valence-corrected chi connectivity index (χ1v) is 11.2. The SMILES string of the molecule is CC1CCC(NS(=O)(=O)CC(=O)NCCNC(=O)Cc2ccc(F)cc2)CC1. The second kappa shape index (κ2) is 10.5. The van der Waals surface area contributed by atoms with Crippen molar-refractivity contribution in [3.63, 3.8) is 0 Å². The summed E-state index contributed by atoms with van der Waals surface area (Å²) in [7, 11) is -3.68. The fourth-order valence-corrected chi connectivity index (χ4v) is 4.43. The third-order valence-electron chi connectivity index (χ3n) is 4.73. The van der Waals surface area contributed by atoms with E-state index in [2.05, 4.69) is 22.3 Å². The van der Waals surface area contributed by atoms with Crippen LogP contribution in [0.3, 0.4) is 0 Å². The van der Waals surface area contributed by atoms with Gasteiger partial charge in [-0.15, -0.1) is 0 Å². The van der Waals surface area contributed by atoms with Gasteiger partial charge in [0.1, 0.15) is 11.6 Å². The Balaban J connectivity index is 1.62. The lowest BCUT2D eigenvalue weighted by molar-refractivity contribution is -0.121. The van der Waals surface area contributed by atoms with Crippen molar-refractivity contribution in [2.24, 2.45) is 5.92 Å². The van der Waals surface area contributed by atoms with Crippen LogP contribution in [0.4, 0.5) is 4.39 Å². The zero-order valence-corrected chi connectivity index (χ0v) is 16.9. The maximum atomic E-state index is 12.8. The molecule has 3 N–H and O–H groups in total. The Morgan fingerprint density at radius 3 is 2.18 bits per heavy atom. The van der Waals surface area contributed by atoms with Crippen molar-refractivity contribution >= 4 is 21.8 Å². The molecule has 0 heterocycles. The lowest BCUT2D eigenvalue weighted by Crippen LogP contribution is -2.43. The van der Waals surface area contributed by atoms with Crippen LogP contribution in [0, 0.1) is 11.7 Å². The molecular weight excluding hydrogens is 385 g/mol. The van der Waals surface area contributed by atoms with E-state index >= 15 is 0 Å². The van der Waals surface area contributed by atoms with Crippen LogP contribution >= 0.6 is 0 Å². The number of carbonyl (C=O) groups is 2. The summed E-state index contributed by atoms with van der Waals surface area (Å²) in [5.74, 6) is -1.24. The highest BCUT2D eigenvalue weighted by atomic mass is 32.2. The largest absolute Gasteiger partial charge is 0.354 e. The molecule has 2 rings (SSSR count). The van der Waals surface area contributed by atoms with Crippen molar-refractivity contribution in [1.82, 2.24) is 15.4 Å². The normalized spacial score (nSPS) is 19.8. The van der Waals surface area contributed by atoms with E-state index in [1.807, 2.05) is 0 Å². The minimum absolute atomic E-state index is 0.0975. The third-order valence-corrected chi connectivity index (χ3v) is 6.07. The van der Waals surface area contributed by atoms with Gasteiger partial charge in [0, 0.05) is 19.1 Å². The highest BCUT2D eigenvalue weighted by molar-refractivity contribution is 7.90. The van der Waals surface area contributed by atoms with Gasteiger partial charge in [0.15, 0.2) is 0 Å². The third kappa shape index (κ3) is 8.35. The van der Waals surface area contributed by atoms with Crippen LogP contribution in [0.1, 0.15) is 38.2 Å². The number of benzene rings is 1. The standard InChI is InChI=1S/C19H28FN3O4S/c1-14-2-8-17(9-3-14)23-28(26,27)13-19(25)22-11-10-21-18(24)12-15-4-6-16(20)7-5-15/h4-7,14,17,23H,2-3,8-13H2,1H3,(H,21,24)(H,22,25). The summed E-state index contributed by atoms with van der Waals surface area (Å²) < 4.78 is 39.6. The molecule has 0 unspecified atom stereocenters. The van der Waals surface area contributed by atoms with Gasteiger partial charge in [-0.3, -0.25) is 9.59 Å². The second-order valence-electron chi connectivity index (χ2n) is 7.34. The summed E-state index contributed by atoms with van der Waals surface area (Å²) in [6, 6.07) is 5.53. The molecule has 0 aromatic heterocycles. The van der Waals surface area contributed by atoms with E-state index in [0.717, 1.165) is 25.7 Å². The van der Waals surface area contributed by atoms with Crippen LogP contribution in [-0.2, 0) is 26.0 Å². The first-order valence-electron chi connectivity index (χ1n) is 9.51. The lowest BCUT2D eigenvalue weighted by atomic mass is 9.88. The molecule has 28 heavy (non-hydrogen) atoms. The summed E-state index contributed by atoms with van der Waals surface area (Å²) in [5, 5.41) is 5.11. The number of rotatable bonds is 9. The number of hydrogen-bond acceptors (Lipinski definition) is 4. The maximum absolute atomic E-state index is 12.8. The van der Waals surface area contributed by atoms with Crippen molar-refractivity contribution in [2.45, 2.75) is 45.1 Å². The van der Waals surface area contributed by atoms with Crippen molar-refractivity contribution in [2.75, 3.05) is 18.8 Å². The minimum atomic E-state index is -3.68. The summed E-state index contributed by atoms with van der Waals surface area (Å²) in [4.78, 5) is 23.6. The van der Waals surface area contributed by atoms with Crippen molar-refractivity contribution in [3.05, 3.63) is 35.6 Å². The zero-order chi connectivity index (χ0) is 20.6. The quantitative estimate of drug-likeness (QED) is 0.527. The predicted octanol–water partition coefficient (Wildman–Crippen LogP) is 1.10. The number of hydrogen-bond donors (Lipinski definition) is 3. The Labute approximate surface area is 165 Å². The molecule has 1 aromatic rings. The fourth-order valence-electron chi connectivity index (χ4n) is 3.15. The zero-order valence-electron chi connectivity index (χ0n) is 16.0. The van der Waals surface area contributed by atoms with E-state index in [9.17, 15) is 22.4 Å². The molecule has 0 bridgehead atoms. The molecule has 2 amide bonds. The Kier molecular flexibility index (Phi) is 8.37. The molecule has 0 radical (unpaired) electrons. The van der Waals surface area contributed by atoms with Gasteiger partial charge in [0.05, 0.1) is 6.42 Å².